The molecule has 0 bridgehead atoms. The van der Waals surface area contributed by atoms with Crippen molar-refractivity contribution < 1.29 is 4.79 Å². The van der Waals surface area contributed by atoms with E-state index in [-0.39, 0.29) is 5.91 Å². The molecule has 0 aliphatic rings. The maximum absolute atomic E-state index is 11.9. The van der Waals surface area contributed by atoms with Gasteiger partial charge in [0.2, 0.25) is 5.91 Å². The third kappa shape index (κ3) is 4.48. The predicted molar refractivity (Wildman–Crippen MR) is 87.8 cm³/mol. The minimum Gasteiger partial charge on any atom is -0.352 e. The first kappa shape index (κ1) is 15.9. The van der Waals surface area contributed by atoms with Gasteiger partial charge in [0, 0.05) is 23.0 Å². The maximum atomic E-state index is 11.9. The highest BCUT2D eigenvalue weighted by Gasteiger charge is 2.08. The Hall–Kier alpha value is -1.51. The molecule has 0 heterocycles. The van der Waals surface area contributed by atoms with Crippen molar-refractivity contribution in [1.82, 2.24) is 5.32 Å². The number of carbonyl (C=O) groups excluding carboxylic acids is 1. The smallest absolute Gasteiger partial charge is 0.220 e. The van der Waals surface area contributed by atoms with E-state index in [0.717, 1.165) is 11.1 Å². The average Bonchev–Trinajstić information content (AvgIpc) is 2.46. The Bertz CT molecular complexity index is 620. The monoisotopic (exact) mass is 321 g/mol. The Morgan fingerprint density at radius 2 is 1.71 bits per heavy atom. The highest BCUT2D eigenvalue weighted by atomic mass is 35.5. The van der Waals surface area contributed by atoms with Crippen LogP contribution >= 0.6 is 23.2 Å². The van der Waals surface area contributed by atoms with Crippen LogP contribution < -0.4 is 5.32 Å². The Morgan fingerprint density at radius 3 is 2.38 bits per heavy atom. The quantitative estimate of drug-likeness (QED) is 0.859. The van der Waals surface area contributed by atoms with Crippen LogP contribution in [0, 0.1) is 6.92 Å². The van der Waals surface area contributed by atoms with Gasteiger partial charge in [-0.15, -0.1) is 0 Å². The molecule has 0 saturated heterocycles. The van der Waals surface area contributed by atoms with Crippen LogP contribution in [0.15, 0.2) is 42.5 Å². The molecule has 1 N–H and O–H groups in total. The Balaban J connectivity index is 1.87. The third-order valence-corrected chi connectivity index (χ3v) is 4.11. The summed E-state index contributed by atoms with van der Waals surface area (Å²) in [6.07, 6.45) is 0.910. The summed E-state index contributed by atoms with van der Waals surface area (Å²) >= 11 is 12.2. The Labute approximate surface area is 135 Å². The van der Waals surface area contributed by atoms with E-state index in [4.69, 9.17) is 23.2 Å². The number of hydrogen-bond donors (Lipinski definition) is 1. The SMILES string of the molecule is Cc1ccccc1CNC(=O)CCc1c(Cl)cccc1Cl. The van der Waals surface area contributed by atoms with E-state index < -0.39 is 0 Å². The van der Waals surface area contributed by atoms with Gasteiger partial charge >= 0.3 is 0 Å². The van der Waals surface area contributed by atoms with Gasteiger partial charge in [-0.2, -0.15) is 0 Å². The molecule has 0 atom stereocenters. The molecule has 2 aromatic rings. The number of benzene rings is 2. The van der Waals surface area contributed by atoms with E-state index in [1.807, 2.05) is 31.2 Å². The molecule has 0 aromatic heterocycles. The number of hydrogen-bond acceptors (Lipinski definition) is 1. The number of carbonyl (C=O) groups is 1. The minimum absolute atomic E-state index is 0.00533. The topological polar surface area (TPSA) is 29.1 Å². The van der Waals surface area contributed by atoms with Gasteiger partial charge in [0.25, 0.3) is 0 Å². The van der Waals surface area contributed by atoms with Crippen LogP contribution in [0.2, 0.25) is 10.0 Å². The van der Waals surface area contributed by atoms with E-state index in [0.29, 0.717) is 29.4 Å². The molecule has 0 saturated carbocycles. The molecule has 0 fully saturated rings. The largest absolute Gasteiger partial charge is 0.352 e. The maximum Gasteiger partial charge on any atom is 0.220 e. The summed E-state index contributed by atoms with van der Waals surface area (Å²) in [7, 11) is 0. The molecule has 0 aliphatic heterocycles. The van der Waals surface area contributed by atoms with Crippen LogP contribution in [0.3, 0.4) is 0 Å². The zero-order valence-corrected chi connectivity index (χ0v) is 13.3. The summed E-state index contributed by atoms with van der Waals surface area (Å²) in [6.45, 7) is 2.58. The standard InChI is InChI=1S/C17H17Cl2NO/c1-12-5-2-3-6-13(12)11-20-17(21)10-9-14-15(18)7-4-8-16(14)19/h2-8H,9-11H2,1H3,(H,20,21). The van der Waals surface area contributed by atoms with E-state index in [9.17, 15) is 4.79 Å². The first-order valence-corrected chi connectivity index (χ1v) is 7.57. The predicted octanol–water partition coefficient (Wildman–Crippen LogP) is 4.55. The van der Waals surface area contributed by atoms with Gasteiger partial charge in [0.1, 0.15) is 0 Å². The lowest BCUT2D eigenvalue weighted by atomic mass is 10.1. The molecular formula is C17H17Cl2NO. The minimum atomic E-state index is -0.00533. The lowest BCUT2D eigenvalue weighted by Crippen LogP contribution is -2.23. The summed E-state index contributed by atoms with van der Waals surface area (Å²) < 4.78 is 0. The van der Waals surface area contributed by atoms with Gasteiger partial charge in [0.05, 0.1) is 0 Å². The van der Waals surface area contributed by atoms with Crippen molar-refractivity contribution >= 4 is 29.1 Å². The fourth-order valence-corrected chi connectivity index (χ4v) is 2.69. The van der Waals surface area contributed by atoms with Gasteiger partial charge in [-0.1, -0.05) is 53.5 Å². The van der Waals surface area contributed by atoms with Gasteiger partial charge in [0.15, 0.2) is 0 Å². The van der Waals surface area contributed by atoms with Gasteiger partial charge in [-0.05, 0) is 42.2 Å². The first-order valence-electron chi connectivity index (χ1n) is 6.82. The van der Waals surface area contributed by atoms with Gasteiger partial charge in [-0.3, -0.25) is 4.79 Å². The molecule has 21 heavy (non-hydrogen) atoms. The summed E-state index contributed by atoms with van der Waals surface area (Å²) in [5, 5.41) is 4.14. The Morgan fingerprint density at radius 1 is 1.05 bits per heavy atom. The van der Waals surface area contributed by atoms with E-state index in [1.165, 1.54) is 5.56 Å². The van der Waals surface area contributed by atoms with Crippen molar-refractivity contribution in [2.45, 2.75) is 26.3 Å². The van der Waals surface area contributed by atoms with Crippen molar-refractivity contribution in [3.8, 4) is 0 Å². The fourth-order valence-electron chi connectivity index (χ4n) is 2.10. The van der Waals surface area contributed by atoms with Crippen molar-refractivity contribution in [3.63, 3.8) is 0 Å². The summed E-state index contributed by atoms with van der Waals surface area (Å²) in [5.74, 6) is -0.00533. The zero-order valence-electron chi connectivity index (χ0n) is 11.8. The first-order chi connectivity index (χ1) is 10.1. The fraction of sp³-hybridized carbons (Fsp3) is 0.235. The second-order valence-electron chi connectivity index (χ2n) is 4.90. The highest BCUT2D eigenvalue weighted by molar-refractivity contribution is 6.36. The van der Waals surface area contributed by atoms with Crippen molar-refractivity contribution in [2.24, 2.45) is 0 Å². The summed E-state index contributed by atoms with van der Waals surface area (Å²) in [4.78, 5) is 11.9. The van der Waals surface area contributed by atoms with Crippen LogP contribution in [0.5, 0.6) is 0 Å². The average molecular weight is 322 g/mol. The molecule has 2 rings (SSSR count). The number of amides is 1. The second-order valence-corrected chi connectivity index (χ2v) is 5.72. The lowest BCUT2D eigenvalue weighted by molar-refractivity contribution is -0.121. The molecule has 0 aliphatic carbocycles. The number of aryl methyl sites for hydroxylation is 1. The highest BCUT2D eigenvalue weighted by Crippen LogP contribution is 2.25. The summed E-state index contributed by atoms with van der Waals surface area (Å²) in [5.41, 5.74) is 3.13. The molecule has 2 aromatic carbocycles. The van der Waals surface area contributed by atoms with E-state index >= 15 is 0 Å². The molecule has 1 amide bonds. The Kier molecular flexibility index (Phi) is 5.66. The van der Waals surface area contributed by atoms with Crippen LogP contribution in [0.1, 0.15) is 23.1 Å². The van der Waals surface area contributed by atoms with E-state index in [1.54, 1.807) is 18.2 Å². The molecule has 0 radical (unpaired) electrons. The third-order valence-electron chi connectivity index (χ3n) is 3.40. The van der Waals surface area contributed by atoms with Crippen molar-refractivity contribution in [1.29, 1.82) is 0 Å². The van der Waals surface area contributed by atoms with Crippen LogP contribution in [0.4, 0.5) is 0 Å². The van der Waals surface area contributed by atoms with E-state index in [2.05, 4.69) is 5.32 Å². The zero-order chi connectivity index (χ0) is 15.2. The molecule has 2 nitrogen and oxygen atoms in total. The molecular weight excluding hydrogens is 305 g/mol. The molecule has 110 valence electrons. The second kappa shape index (κ2) is 7.48. The normalized spacial score (nSPS) is 10.4. The molecule has 0 spiro atoms. The molecule has 0 unspecified atom stereocenters. The number of rotatable bonds is 5. The van der Waals surface area contributed by atoms with Crippen molar-refractivity contribution in [2.75, 3.05) is 0 Å². The van der Waals surface area contributed by atoms with Gasteiger partial charge < -0.3 is 5.32 Å². The van der Waals surface area contributed by atoms with Crippen LogP contribution in [-0.4, -0.2) is 5.91 Å². The number of nitrogens with one attached hydrogen (secondary N) is 1. The number of halogens is 2. The lowest BCUT2D eigenvalue weighted by Gasteiger charge is -2.09. The molecule has 4 heteroatoms. The van der Waals surface area contributed by atoms with Crippen molar-refractivity contribution in [3.05, 3.63) is 69.2 Å². The van der Waals surface area contributed by atoms with Crippen LogP contribution in [0.25, 0.3) is 0 Å². The van der Waals surface area contributed by atoms with Crippen LogP contribution in [-0.2, 0) is 17.8 Å². The summed E-state index contributed by atoms with van der Waals surface area (Å²) in [6, 6.07) is 13.4. The van der Waals surface area contributed by atoms with Gasteiger partial charge in [-0.25, -0.2) is 0 Å².